The minimum atomic E-state index is -4.69. The summed E-state index contributed by atoms with van der Waals surface area (Å²) in [5.74, 6) is -0.0282. The van der Waals surface area contributed by atoms with Gasteiger partial charge in [0.1, 0.15) is 11.3 Å². The van der Waals surface area contributed by atoms with Gasteiger partial charge in [0, 0.05) is 58.3 Å². The van der Waals surface area contributed by atoms with E-state index in [1.54, 1.807) is 13.2 Å². The number of sulfonamides is 1. The van der Waals surface area contributed by atoms with Gasteiger partial charge in [-0.05, 0) is 41.7 Å². The minimum Gasteiger partial charge on any atom is -0.383 e. The molecule has 7 nitrogen and oxygen atoms in total. The summed E-state index contributed by atoms with van der Waals surface area (Å²) in [5, 5.41) is -0.408. The summed E-state index contributed by atoms with van der Waals surface area (Å²) in [4.78, 5) is 2.20. The average Bonchev–Trinajstić information content (AvgIpc) is 3.30. The van der Waals surface area contributed by atoms with Gasteiger partial charge in [-0.25, -0.2) is 18.9 Å². The Morgan fingerprint density at radius 1 is 1.02 bits per heavy atom. The fourth-order valence-corrected chi connectivity index (χ4v) is 8.44. The highest BCUT2D eigenvalue weighted by molar-refractivity contribution is 7.89. The Morgan fingerprint density at radius 3 is 2.40 bits per heavy atom. The van der Waals surface area contributed by atoms with Gasteiger partial charge in [-0.1, -0.05) is 54.6 Å². The topological polar surface area (TPSA) is 65.1 Å². The Hall–Kier alpha value is -2.28. The third kappa shape index (κ3) is 5.35. The molecule has 5 atom stereocenters. The summed E-state index contributed by atoms with van der Waals surface area (Å²) in [6.07, 6.45) is -1.05. The van der Waals surface area contributed by atoms with Gasteiger partial charge in [-0.3, -0.25) is 4.90 Å². The number of aryl methyl sites for hydroxylation is 1. The third-order valence-corrected chi connectivity index (χ3v) is 10.9. The molecule has 0 aliphatic carbocycles. The molecule has 0 saturated carbocycles. The van der Waals surface area contributed by atoms with Crippen molar-refractivity contribution < 1.29 is 26.3 Å². The highest BCUT2D eigenvalue weighted by Gasteiger charge is 2.57. The fraction of sp³-hybridized carbons (Fsp3) is 0.517. The van der Waals surface area contributed by atoms with Crippen LogP contribution in [0.15, 0.2) is 54.6 Å². The van der Waals surface area contributed by atoms with Crippen LogP contribution in [0.5, 0.6) is 0 Å². The van der Waals surface area contributed by atoms with Crippen LogP contribution in [0.2, 0.25) is 0 Å². The molecule has 3 aliphatic rings. The lowest BCUT2D eigenvalue weighted by Crippen LogP contribution is -2.68. The van der Waals surface area contributed by atoms with Crippen LogP contribution in [0, 0.1) is 13.8 Å². The maximum absolute atomic E-state index is 13.8. The lowest BCUT2D eigenvalue weighted by molar-refractivity contribution is -0.155. The first kappa shape index (κ1) is 29.2. The highest BCUT2D eigenvalue weighted by Crippen LogP contribution is 2.43. The van der Waals surface area contributed by atoms with Gasteiger partial charge in [-0.15, -0.1) is 0 Å². The zero-order valence-corrected chi connectivity index (χ0v) is 24.0. The van der Waals surface area contributed by atoms with Gasteiger partial charge >= 0.3 is 6.18 Å². The van der Waals surface area contributed by atoms with Crippen molar-refractivity contribution in [3.8, 4) is 11.1 Å². The Balaban J connectivity index is 1.44. The van der Waals surface area contributed by atoms with E-state index in [0.717, 1.165) is 16.7 Å². The molecular weight excluding hydrogens is 541 g/mol. The molecule has 3 unspecified atom stereocenters. The molecule has 40 heavy (non-hydrogen) atoms. The van der Waals surface area contributed by atoms with Crippen LogP contribution in [0.3, 0.4) is 0 Å². The number of fused-ring (bicyclic) bond motifs is 1. The van der Waals surface area contributed by atoms with Crippen molar-refractivity contribution in [3.05, 3.63) is 71.3 Å². The quantitative estimate of drug-likeness (QED) is 0.528. The molecule has 0 radical (unpaired) electrons. The van der Waals surface area contributed by atoms with E-state index in [-0.39, 0.29) is 37.6 Å². The van der Waals surface area contributed by atoms with Crippen LogP contribution in [0.1, 0.15) is 22.6 Å². The van der Waals surface area contributed by atoms with Crippen molar-refractivity contribution in [2.45, 2.75) is 49.3 Å². The second-order valence-corrected chi connectivity index (χ2v) is 13.2. The van der Waals surface area contributed by atoms with E-state index in [4.69, 9.17) is 4.74 Å². The molecule has 2 aromatic carbocycles. The summed E-state index contributed by atoms with van der Waals surface area (Å²) in [6, 6.07) is 12.3. The van der Waals surface area contributed by atoms with E-state index >= 15 is 0 Å². The summed E-state index contributed by atoms with van der Waals surface area (Å²) >= 11 is 0. The van der Waals surface area contributed by atoms with E-state index in [2.05, 4.69) is 60.6 Å². The normalized spacial score (nSPS) is 29.4. The minimum absolute atomic E-state index is 0.0241. The lowest BCUT2D eigenvalue weighted by atomic mass is 9.74. The van der Waals surface area contributed by atoms with Crippen LogP contribution >= 0.6 is 0 Å². The largest absolute Gasteiger partial charge is 0.406 e. The number of halogens is 3. The smallest absolute Gasteiger partial charge is 0.383 e. The second kappa shape index (κ2) is 11.2. The first-order valence-electron chi connectivity index (χ1n) is 13.5. The van der Waals surface area contributed by atoms with Crippen LogP contribution < -0.4 is 5.43 Å². The average molecular weight is 579 g/mol. The second-order valence-electron chi connectivity index (χ2n) is 11.1. The number of ether oxygens (including phenoxy) is 1. The number of benzene rings is 2. The van der Waals surface area contributed by atoms with E-state index in [9.17, 15) is 21.6 Å². The molecule has 2 fully saturated rings. The number of methoxy groups -OCH3 is 1. The van der Waals surface area contributed by atoms with Gasteiger partial charge in [0.25, 0.3) is 0 Å². The van der Waals surface area contributed by atoms with E-state index in [0.29, 0.717) is 13.2 Å². The Bertz CT molecular complexity index is 1350. The fourth-order valence-electron chi connectivity index (χ4n) is 6.44. The van der Waals surface area contributed by atoms with E-state index in [1.165, 1.54) is 27.5 Å². The molecule has 1 N–H and O–H groups in total. The molecule has 3 heterocycles. The van der Waals surface area contributed by atoms with Crippen molar-refractivity contribution in [1.29, 1.82) is 0 Å². The van der Waals surface area contributed by atoms with Crippen LogP contribution in [0.4, 0.5) is 13.2 Å². The molecule has 11 heteroatoms. The van der Waals surface area contributed by atoms with Crippen LogP contribution in [-0.2, 0) is 14.8 Å². The van der Waals surface area contributed by atoms with Crippen molar-refractivity contribution in [3.63, 3.8) is 0 Å². The summed E-state index contributed by atoms with van der Waals surface area (Å²) < 4.78 is 75.6. The van der Waals surface area contributed by atoms with Crippen molar-refractivity contribution in [1.82, 2.24) is 19.6 Å². The number of alkyl halides is 3. The maximum atomic E-state index is 13.8. The van der Waals surface area contributed by atoms with Gasteiger partial charge in [0.15, 0.2) is 0 Å². The Kier molecular flexibility index (Phi) is 8.17. The molecule has 3 aliphatic heterocycles. The van der Waals surface area contributed by atoms with Crippen LogP contribution in [-0.4, -0.2) is 99.1 Å². The van der Waals surface area contributed by atoms with Gasteiger partial charge in [-0.2, -0.15) is 17.5 Å². The van der Waals surface area contributed by atoms with Crippen LogP contribution in [0.25, 0.3) is 11.1 Å². The standard InChI is InChI=1S/C29H37F3N4O3S/c1-19-8-7-9-23(20(19)2)21-10-12-22(13-11-21)27-24-16-35(14-5-6-15-36(24)25(27)18-39-4)40(37,38)26-17-34(3)33-28(26)29(30,31)32/h5-13,24-28,33H,14-18H2,1-4H3/b6-5-/t24-,25?,26?,27-,28?/m0/s1. The molecule has 0 spiro atoms. The molecule has 218 valence electrons. The number of hydrazine groups is 1. The SMILES string of the molecule is COCC1[C@@H](c2ccc(-c3cccc(C)c3C)cc2)[C@@H]2CN(S(=O)(=O)C3CN(C)NC3C(F)(F)F)C/C=C\CN12. The number of nitrogens with zero attached hydrogens (tertiary/aromatic N) is 3. The highest BCUT2D eigenvalue weighted by atomic mass is 32.2. The van der Waals surface area contributed by atoms with Gasteiger partial charge in [0.2, 0.25) is 10.0 Å². The molecule has 2 aromatic rings. The monoisotopic (exact) mass is 578 g/mol. The summed E-state index contributed by atoms with van der Waals surface area (Å²) in [7, 11) is -1.20. The molecule has 0 bridgehead atoms. The number of hydrogen-bond acceptors (Lipinski definition) is 6. The first-order chi connectivity index (χ1) is 18.9. The van der Waals surface area contributed by atoms with Gasteiger partial charge < -0.3 is 4.74 Å². The molecule has 0 aromatic heterocycles. The van der Waals surface area contributed by atoms with Crippen molar-refractivity contribution >= 4 is 10.0 Å². The number of rotatable bonds is 6. The van der Waals surface area contributed by atoms with Crippen molar-refractivity contribution in [2.24, 2.45) is 0 Å². The number of nitrogens with one attached hydrogen (secondary N) is 1. The molecular formula is C29H37F3N4O3S. The summed E-state index contributed by atoms with van der Waals surface area (Å²) in [6.45, 7) is 5.21. The van der Waals surface area contributed by atoms with E-state index < -0.39 is 27.5 Å². The van der Waals surface area contributed by atoms with Crippen molar-refractivity contribution in [2.75, 3.05) is 46.9 Å². The third-order valence-electron chi connectivity index (χ3n) is 8.69. The van der Waals surface area contributed by atoms with Gasteiger partial charge in [0.05, 0.1) is 6.61 Å². The number of hydrogen-bond donors (Lipinski definition) is 1. The Morgan fingerprint density at radius 2 is 1.73 bits per heavy atom. The first-order valence-corrected chi connectivity index (χ1v) is 15.0. The zero-order chi connectivity index (χ0) is 28.8. The molecule has 5 rings (SSSR count). The molecule has 0 amide bonds. The zero-order valence-electron chi connectivity index (χ0n) is 23.2. The predicted molar refractivity (Wildman–Crippen MR) is 149 cm³/mol. The lowest BCUT2D eigenvalue weighted by Gasteiger charge is -2.56. The maximum Gasteiger partial charge on any atom is 0.406 e. The Labute approximate surface area is 234 Å². The summed E-state index contributed by atoms with van der Waals surface area (Å²) in [5.41, 5.74) is 8.07. The predicted octanol–water partition coefficient (Wildman–Crippen LogP) is 3.70. The van der Waals surface area contributed by atoms with E-state index in [1.807, 2.05) is 12.1 Å². The molecule has 2 saturated heterocycles.